The van der Waals surface area contributed by atoms with Crippen molar-refractivity contribution in [2.45, 2.75) is 38.4 Å². The number of nitrogens with zero attached hydrogens (tertiary/aromatic N) is 1. The maximum absolute atomic E-state index is 11.8. The van der Waals surface area contributed by atoms with Crippen molar-refractivity contribution in [1.29, 1.82) is 0 Å². The molecule has 1 fully saturated rings. The minimum Gasteiger partial charge on any atom is -0.391 e. The van der Waals surface area contributed by atoms with E-state index in [1.54, 1.807) is 26.1 Å². The van der Waals surface area contributed by atoms with Gasteiger partial charge in [-0.2, -0.15) is 0 Å². The van der Waals surface area contributed by atoms with Crippen molar-refractivity contribution in [3.8, 4) is 0 Å². The Labute approximate surface area is 106 Å². The molecule has 0 aliphatic carbocycles. The molecule has 2 heterocycles. The van der Waals surface area contributed by atoms with Crippen molar-refractivity contribution < 1.29 is 19.7 Å². The number of aliphatic hydroxyl groups is 2. The van der Waals surface area contributed by atoms with Crippen LogP contribution in [-0.2, 0) is 4.74 Å². The molecule has 1 saturated heterocycles. The van der Waals surface area contributed by atoms with Crippen molar-refractivity contribution in [2.75, 3.05) is 0 Å². The number of amides is 2. The second kappa shape index (κ2) is 4.72. The summed E-state index contributed by atoms with van der Waals surface area (Å²) in [6, 6.07) is -0.349. The van der Waals surface area contributed by atoms with Crippen LogP contribution in [0.15, 0.2) is 24.6 Å². The molecule has 6 heteroatoms. The molecule has 0 radical (unpaired) electrons. The number of rotatable bonds is 2. The Bertz CT molecular complexity index is 394. The Morgan fingerprint density at radius 2 is 2.28 bits per heavy atom. The number of urea groups is 1. The average Bonchev–Trinajstić information content (AvgIpc) is 2.57. The summed E-state index contributed by atoms with van der Waals surface area (Å²) >= 11 is 0. The summed E-state index contributed by atoms with van der Waals surface area (Å²) in [5.41, 5.74) is 0.509. The highest BCUT2D eigenvalue weighted by molar-refractivity contribution is 5.79. The van der Waals surface area contributed by atoms with Crippen LogP contribution in [0.1, 0.15) is 13.8 Å². The summed E-state index contributed by atoms with van der Waals surface area (Å²) in [5, 5.41) is 22.1. The molecule has 2 aliphatic rings. The lowest BCUT2D eigenvalue weighted by Gasteiger charge is -2.30. The number of allylic oxidation sites excluding steroid dienone is 1. The van der Waals surface area contributed by atoms with Crippen LogP contribution in [0.4, 0.5) is 4.79 Å². The molecule has 5 atom stereocenters. The van der Waals surface area contributed by atoms with E-state index in [0.717, 1.165) is 0 Å². The summed E-state index contributed by atoms with van der Waals surface area (Å²) in [7, 11) is 0. The standard InChI is InChI=1S/C12H18N2O4/c1-6-4-5-14(12(17)13-6)11-7(2)9(16)10(18-11)8(3)15/h4-5,7-11,15-16H,1H2,2-3H3,(H,13,17)/t7-,8+,9+,10-,11-/m1/s1. The fraction of sp³-hybridized carbons (Fsp3) is 0.583. The fourth-order valence-electron chi connectivity index (χ4n) is 2.23. The first-order valence-corrected chi connectivity index (χ1v) is 5.90. The van der Waals surface area contributed by atoms with Gasteiger partial charge in [-0.15, -0.1) is 0 Å². The van der Waals surface area contributed by atoms with Gasteiger partial charge >= 0.3 is 6.03 Å². The zero-order valence-corrected chi connectivity index (χ0v) is 10.4. The van der Waals surface area contributed by atoms with E-state index < -0.39 is 24.5 Å². The normalized spacial score (nSPS) is 37.9. The minimum atomic E-state index is -0.804. The lowest BCUT2D eigenvalue weighted by atomic mass is 9.99. The van der Waals surface area contributed by atoms with Crippen LogP contribution in [0.5, 0.6) is 0 Å². The second-order valence-corrected chi connectivity index (χ2v) is 4.76. The van der Waals surface area contributed by atoms with Crippen molar-refractivity contribution in [3.05, 3.63) is 24.6 Å². The number of carbonyl (C=O) groups excluding carboxylic acids is 1. The molecular formula is C12H18N2O4. The van der Waals surface area contributed by atoms with E-state index in [-0.39, 0.29) is 11.9 Å². The summed E-state index contributed by atoms with van der Waals surface area (Å²) < 4.78 is 5.58. The summed E-state index contributed by atoms with van der Waals surface area (Å²) in [5.74, 6) is -0.286. The molecule has 0 aromatic carbocycles. The SMILES string of the molecule is C=C1C=CN([C@@H]2O[C@H]([C@H](C)O)[C@@H](O)[C@H]2C)C(=O)N1. The first-order chi connectivity index (χ1) is 8.41. The van der Waals surface area contributed by atoms with Crippen molar-refractivity contribution >= 4 is 6.03 Å². The number of nitrogens with one attached hydrogen (secondary N) is 1. The van der Waals surface area contributed by atoms with Crippen molar-refractivity contribution in [3.63, 3.8) is 0 Å². The van der Waals surface area contributed by atoms with E-state index in [4.69, 9.17) is 4.74 Å². The third-order valence-electron chi connectivity index (χ3n) is 3.31. The predicted octanol–water partition coefficient (Wildman–Crippen LogP) is 0.142. The van der Waals surface area contributed by atoms with Gasteiger partial charge in [0, 0.05) is 17.8 Å². The first-order valence-electron chi connectivity index (χ1n) is 5.90. The molecule has 100 valence electrons. The first kappa shape index (κ1) is 13.1. The van der Waals surface area contributed by atoms with E-state index in [9.17, 15) is 15.0 Å². The monoisotopic (exact) mass is 254 g/mol. The van der Waals surface area contributed by atoms with Crippen LogP contribution in [0.25, 0.3) is 0 Å². The van der Waals surface area contributed by atoms with Gasteiger partial charge in [0.25, 0.3) is 0 Å². The van der Waals surface area contributed by atoms with Gasteiger partial charge in [-0.3, -0.25) is 4.90 Å². The van der Waals surface area contributed by atoms with Crippen LogP contribution < -0.4 is 5.32 Å². The molecule has 0 unspecified atom stereocenters. The number of hydrogen-bond donors (Lipinski definition) is 3. The Morgan fingerprint density at radius 3 is 2.78 bits per heavy atom. The number of ether oxygens (including phenoxy) is 1. The second-order valence-electron chi connectivity index (χ2n) is 4.76. The quantitative estimate of drug-likeness (QED) is 0.654. The zero-order chi connectivity index (χ0) is 13.4. The van der Waals surface area contributed by atoms with Crippen LogP contribution in [0.2, 0.25) is 0 Å². The van der Waals surface area contributed by atoms with Crippen LogP contribution in [0, 0.1) is 5.92 Å². The molecule has 0 aromatic rings. The maximum atomic E-state index is 11.8. The Morgan fingerprint density at radius 1 is 1.61 bits per heavy atom. The van der Waals surface area contributed by atoms with Gasteiger partial charge in [-0.05, 0) is 13.0 Å². The fourth-order valence-corrected chi connectivity index (χ4v) is 2.23. The largest absolute Gasteiger partial charge is 0.391 e. The molecule has 2 amide bonds. The van der Waals surface area contributed by atoms with E-state index >= 15 is 0 Å². The number of carbonyl (C=O) groups is 1. The molecule has 0 bridgehead atoms. The lowest BCUT2D eigenvalue weighted by Crippen LogP contribution is -2.47. The smallest absolute Gasteiger partial charge is 0.327 e. The van der Waals surface area contributed by atoms with Crippen LogP contribution in [-0.4, -0.2) is 45.7 Å². The highest BCUT2D eigenvalue weighted by Crippen LogP contribution is 2.31. The molecule has 3 N–H and O–H groups in total. The maximum Gasteiger partial charge on any atom is 0.327 e. The number of aliphatic hydroxyl groups excluding tert-OH is 2. The molecule has 0 saturated carbocycles. The number of hydrogen-bond acceptors (Lipinski definition) is 4. The van der Waals surface area contributed by atoms with Gasteiger partial charge in [-0.25, -0.2) is 4.79 Å². The van der Waals surface area contributed by atoms with Gasteiger partial charge in [0.15, 0.2) is 0 Å². The topological polar surface area (TPSA) is 82.0 Å². The molecule has 2 aliphatic heterocycles. The van der Waals surface area contributed by atoms with Crippen LogP contribution in [0.3, 0.4) is 0 Å². The van der Waals surface area contributed by atoms with Gasteiger partial charge in [-0.1, -0.05) is 13.5 Å². The average molecular weight is 254 g/mol. The van der Waals surface area contributed by atoms with Crippen LogP contribution >= 0.6 is 0 Å². The van der Waals surface area contributed by atoms with Gasteiger partial charge < -0.3 is 20.3 Å². The van der Waals surface area contributed by atoms with E-state index in [0.29, 0.717) is 5.70 Å². The third kappa shape index (κ3) is 2.14. The molecular weight excluding hydrogens is 236 g/mol. The molecule has 18 heavy (non-hydrogen) atoms. The zero-order valence-electron chi connectivity index (χ0n) is 10.4. The predicted molar refractivity (Wildman–Crippen MR) is 64.2 cm³/mol. The third-order valence-corrected chi connectivity index (χ3v) is 3.31. The Balaban J connectivity index is 2.17. The summed E-state index contributed by atoms with van der Waals surface area (Å²) in [6.45, 7) is 6.96. The highest BCUT2D eigenvalue weighted by atomic mass is 16.5. The summed E-state index contributed by atoms with van der Waals surface area (Å²) in [4.78, 5) is 13.2. The molecule has 0 aromatic heterocycles. The van der Waals surface area contributed by atoms with Crippen molar-refractivity contribution in [2.24, 2.45) is 5.92 Å². The van der Waals surface area contributed by atoms with E-state index in [1.165, 1.54) is 4.90 Å². The van der Waals surface area contributed by atoms with E-state index in [1.807, 2.05) is 0 Å². The van der Waals surface area contributed by atoms with E-state index in [2.05, 4.69) is 11.9 Å². The minimum absolute atomic E-state index is 0.286. The lowest BCUT2D eigenvalue weighted by molar-refractivity contribution is -0.0831. The summed E-state index contributed by atoms with van der Waals surface area (Å²) in [6.07, 6.45) is 0.347. The molecule has 0 spiro atoms. The Hall–Kier alpha value is -1.37. The van der Waals surface area contributed by atoms with Gasteiger partial charge in [0.1, 0.15) is 12.3 Å². The molecule has 2 rings (SSSR count). The van der Waals surface area contributed by atoms with Gasteiger partial charge in [0.2, 0.25) is 0 Å². The molecule has 6 nitrogen and oxygen atoms in total. The van der Waals surface area contributed by atoms with Gasteiger partial charge in [0.05, 0.1) is 12.2 Å². The highest BCUT2D eigenvalue weighted by Gasteiger charge is 2.46. The Kier molecular flexibility index (Phi) is 3.43. The van der Waals surface area contributed by atoms with Crippen molar-refractivity contribution in [1.82, 2.24) is 10.2 Å².